The lowest BCUT2D eigenvalue weighted by molar-refractivity contribution is -0.139. The molecule has 4 heteroatoms. The quantitative estimate of drug-likeness (QED) is 0.553. The van der Waals surface area contributed by atoms with Crippen LogP contribution in [-0.4, -0.2) is 17.7 Å². The predicted molar refractivity (Wildman–Crippen MR) is 89.0 cm³/mol. The summed E-state index contributed by atoms with van der Waals surface area (Å²) in [5, 5.41) is 8.60. The van der Waals surface area contributed by atoms with Crippen LogP contribution in [0, 0.1) is 0 Å². The maximum absolute atomic E-state index is 10.5. The topological polar surface area (TPSA) is 46.5 Å². The zero-order valence-corrected chi connectivity index (χ0v) is 14.3. The third kappa shape index (κ3) is 8.10. The molecule has 3 nitrogen and oxygen atoms in total. The van der Waals surface area contributed by atoms with Crippen molar-refractivity contribution in [3.8, 4) is 5.75 Å². The molecule has 0 atom stereocenters. The molecule has 118 valence electrons. The van der Waals surface area contributed by atoms with Gasteiger partial charge in [0.1, 0.15) is 5.75 Å². The summed E-state index contributed by atoms with van der Waals surface area (Å²) in [7, 11) is 0. The lowest BCUT2D eigenvalue weighted by Crippen LogP contribution is -2.09. The largest absolute Gasteiger partial charge is 0.481 e. The SMILES string of the molecule is CCCCCCCCCc1ccc(OCC(=O)O)c(Br)c1. The number of ether oxygens (including phenoxy) is 1. The average Bonchev–Trinajstić information content (AvgIpc) is 2.45. The summed E-state index contributed by atoms with van der Waals surface area (Å²) < 4.78 is 6.01. The molecule has 0 bridgehead atoms. The van der Waals surface area contributed by atoms with Crippen LogP contribution in [-0.2, 0) is 11.2 Å². The molecule has 0 amide bonds. The van der Waals surface area contributed by atoms with Gasteiger partial charge < -0.3 is 9.84 Å². The van der Waals surface area contributed by atoms with Crippen LogP contribution >= 0.6 is 15.9 Å². The van der Waals surface area contributed by atoms with Gasteiger partial charge >= 0.3 is 5.97 Å². The third-order valence-electron chi connectivity index (χ3n) is 3.42. The third-order valence-corrected chi connectivity index (χ3v) is 4.04. The second kappa shape index (κ2) is 10.7. The number of carbonyl (C=O) groups is 1. The molecule has 0 spiro atoms. The van der Waals surface area contributed by atoms with E-state index in [-0.39, 0.29) is 6.61 Å². The van der Waals surface area contributed by atoms with Gasteiger partial charge in [0.05, 0.1) is 4.47 Å². The number of carboxylic acids is 1. The Labute approximate surface area is 135 Å². The van der Waals surface area contributed by atoms with Gasteiger partial charge in [0.15, 0.2) is 6.61 Å². The first kappa shape index (κ1) is 18.0. The Bertz CT molecular complexity index is 432. The van der Waals surface area contributed by atoms with E-state index < -0.39 is 5.97 Å². The van der Waals surface area contributed by atoms with Gasteiger partial charge in [-0.25, -0.2) is 4.79 Å². The van der Waals surface area contributed by atoms with Crippen molar-refractivity contribution < 1.29 is 14.6 Å². The molecule has 0 heterocycles. The standard InChI is InChI=1S/C17H25BrO3/c1-2-3-4-5-6-7-8-9-14-10-11-16(15(18)12-14)21-13-17(19)20/h10-12H,2-9,13H2,1H3,(H,19,20). The normalized spacial score (nSPS) is 10.6. The fourth-order valence-corrected chi connectivity index (χ4v) is 2.78. The zero-order valence-electron chi connectivity index (χ0n) is 12.7. The van der Waals surface area contributed by atoms with Crippen molar-refractivity contribution in [3.05, 3.63) is 28.2 Å². The summed E-state index contributed by atoms with van der Waals surface area (Å²) in [6.07, 6.45) is 10.2. The van der Waals surface area contributed by atoms with Gasteiger partial charge in [0.2, 0.25) is 0 Å². The van der Waals surface area contributed by atoms with E-state index in [0.29, 0.717) is 5.75 Å². The van der Waals surface area contributed by atoms with Crippen LogP contribution in [0.4, 0.5) is 0 Å². The molecule has 21 heavy (non-hydrogen) atoms. The number of carboxylic acid groups (broad SMARTS) is 1. The van der Waals surface area contributed by atoms with Gasteiger partial charge in [0, 0.05) is 0 Å². The van der Waals surface area contributed by atoms with Crippen LogP contribution in [0.3, 0.4) is 0 Å². The van der Waals surface area contributed by atoms with Crippen LogP contribution in [0.5, 0.6) is 5.75 Å². The number of aryl methyl sites for hydroxylation is 1. The number of aliphatic carboxylic acids is 1. The molecule has 0 aliphatic heterocycles. The summed E-state index contributed by atoms with van der Waals surface area (Å²) in [5.41, 5.74) is 1.26. The van der Waals surface area contributed by atoms with Crippen molar-refractivity contribution in [3.63, 3.8) is 0 Å². The van der Waals surface area contributed by atoms with Gasteiger partial charge in [-0.3, -0.25) is 0 Å². The van der Waals surface area contributed by atoms with Gasteiger partial charge in [0.25, 0.3) is 0 Å². The van der Waals surface area contributed by atoms with E-state index >= 15 is 0 Å². The minimum absolute atomic E-state index is 0.310. The minimum atomic E-state index is -0.964. The number of benzene rings is 1. The van der Waals surface area contributed by atoms with E-state index in [4.69, 9.17) is 9.84 Å². The van der Waals surface area contributed by atoms with E-state index in [1.807, 2.05) is 18.2 Å². The van der Waals surface area contributed by atoms with Crippen LogP contribution in [0.25, 0.3) is 0 Å². The molecule has 0 fully saturated rings. The van der Waals surface area contributed by atoms with Crippen LogP contribution in [0.1, 0.15) is 57.4 Å². The van der Waals surface area contributed by atoms with E-state index in [0.717, 1.165) is 10.9 Å². The number of rotatable bonds is 11. The van der Waals surface area contributed by atoms with Gasteiger partial charge in [-0.2, -0.15) is 0 Å². The number of halogens is 1. The minimum Gasteiger partial charge on any atom is -0.481 e. The smallest absolute Gasteiger partial charge is 0.341 e. The average molecular weight is 357 g/mol. The molecule has 0 aliphatic rings. The summed E-state index contributed by atoms with van der Waals surface area (Å²) in [4.78, 5) is 10.5. The fraction of sp³-hybridized carbons (Fsp3) is 0.588. The van der Waals surface area contributed by atoms with Gasteiger partial charge in [-0.15, -0.1) is 0 Å². The lowest BCUT2D eigenvalue weighted by atomic mass is 10.0. The molecular formula is C17H25BrO3. The molecular weight excluding hydrogens is 332 g/mol. The highest BCUT2D eigenvalue weighted by molar-refractivity contribution is 9.10. The molecule has 0 saturated carbocycles. The molecule has 0 saturated heterocycles. The Kier molecular flexibility index (Phi) is 9.15. The van der Waals surface area contributed by atoms with E-state index in [2.05, 4.69) is 22.9 Å². The zero-order chi connectivity index (χ0) is 15.5. The first-order chi connectivity index (χ1) is 10.1. The first-order valence-corrected chi connectivity index (χ1v) is 8.55. The summed E-state index contributed by atoms with van der Waals surface area (Å²) in [6, 6.07) is 5.87. The number of unbranched alkanes of at least 4 members (excludes halogenated alkanes) is 6. The molecule has 0 aromatic heterocycles. The Morgan fingerprint density at radius 1 is 1.14 bits per heavy atom. The fourth-order valence-electron chi connectivity index (χ4n) is 2.24. The summed E-state index contributed by atoms with van der Waals surface area (Å²) in [6.45, 7) is 1.93. The maximum Gasteiger partial charge on any atom is 0.341 e. The Balaban J connectivity index is 2.26. The molecule has 0 radical (unpaired) electrons. The Morgan fingerprint density at radius 3 is 2.43 bits per heavy atom. The number of hydrogen-bond donors (Lipinski definition) is 1. The van der Waals surface area contributed by atoms with Crippen molar-refractivity contribution in [2.45, 2.75) is 58.3 Å². The van der Waals surface area contributed by atoms with Crippen molar-refractivity contribution in [1.29, 1.82) is 0 Å². The van der Waals surface area contributed by atoms with Crippen molar-refractivity contribution >= 4 is 21.9 Å². The van der Waals surface area contributed by atoms with Crippen molar-refractivity contribution in [2.24, 2.45) is 0 Å². The van der Waals surface area contributed by atoms with E-state index in [1.54, 1.807) is 0 Å². The van der Waals surface area contributed by atoms with E-state index in [9.17, 15) is 4.79 Å². The highest BCUT2D eigenvalue weighted by Gasteiger charge is 2.05. The Morgan fingerprint density at radius 2 is 1.81 bits per heavy atom. The van der Waals surface area contributed by atoms with Gasteiger partial charge in [-0.1, -0.05) is 51.5 Å². The maximum atomic E-state index is 10.5. The van der Waals surface area contributed by atoms with Crippen LogP contribution in [0.15, 0.2) is 22.7 Å². The highest BCUT2D eigenvalue weighted by Crippen LogP contribution is 2.26. The Hall–Kier alpha value is -1.03. The van der Waals surface area contributed by atoms with Gasteiger partial charge in [-0.05, 0) is 46.5 Å². The summed E-state index contributed by atoms with van der Waals surface area (Å²) in [5.74, 6) is -0.380. The van der Waals surface area contributed by atoms with Crippen LogP contribution in [0.2, 0.25) is 0 Å². The molecule has 0 unspecified atom stereocenters. The monoisotopic (exact) mass is 356 g/mol. The number of hydrogen-bond acceptors (Lipinski definition) is 2. The van der Waals surface area contributed by atoms with Crippen molar-refractivity contribution in [2.75, 3.05) is 6.61 Å². The molecule has 1 aromatic rings. The van der Waals surface area contributed by atoms with Crippen LogP contribution < -0.4 is 4.74 Å². The molecule has 1 N–H and O–H groups in total. The highest BCUT2D eigenvalue weighted by atomic mass is 79.9. The molecule has 0 aliphatic carbocycles. The first-order valence-electron chi connectivity index (χ1n) is 7.76. The van der Waals surface area contributed by atoms with Crippen molar-refractivity contribution in [1.82, 2.24) is 0 Å². The summed E-state index contributed by atoms with van der Waals surface area (Å²) >= 11 is 3.43. The second-order valence-electron chi connectivity index (χ2n) is 5.32. The van der Waals surface area contributed by atoms with E-state index in [1.165, 1.54) is 50.5 Å². The lowest BCUT2D eigenvalue weighted by Gasteiger charge is -2.08. The molecule has 1 aromatic carbocycles. The second-order valence-corrected chi connectivity index (χ2v) is 6.17. The predicted octanol–water partition coefficient (Wildman–Crippen LogP) is 5.21. The molecule has 1 rings (SSSR count).